The summed E-state index contributed by atoms with van der Waals surface area (Å²) < 4.78 is 41.4. The Labute approximate surface area is 138 Å². The van der Waals surface area contributed by atoms with E-state index >= 15 is 0 Å². The van der Waals surface area contributed by atoms with Crippen LogP contribution in [0.3, 0.4) is 0 Å². The molecule has 0 radical (unpaired) electrons. The van der Waals surface area contributed by atoms with Gasteiger partial charge in [0.15, 0.2) is 0 Å². The fourth-order valence-corrected chi connectivity index (χ4v) is 2.48. The van der Waals surface area contributed by atoms with E-state index in [2.05, 4.69) is 5.10 Å². The number of hydrogen-bond donors (Lipinski definition) is 1. The summed E-state index contributed by atoms with van der Waals surface area (Å²) in [6.07, 6.45) is 2.97. The molecule has 2 aromatic rings. The highest BCUT2D eigenvalue weighted by Gasteiger charge is 2.09. The van der Waals surface area contributed by atoms with Crippen LogP contribution in [0.1, 0.15) is 0 Å². The van der Waals surface area contributed by atoms with Crippen LogP contribution in [-0.2, 0) is 16.4 Å². The van der Waals surface area contributed by atoms with Crippen LogP contribution in [0, 0.1) is 0 Å². The Balaban J connectivity index is 2.24. The largest absolute Gasteiger partial charge is 0.489 e. The Morgan fingerprint density at radius 2 is 2.21 bits per heavy atom. The second kappa shape index (κ2) is 7.54. The normalized spacial score (nSPS) is 12.5. The average molecular weight is 355 g/mol. The molecule has 0 saturated heterocycles. The molecule has 1 aromatic heterocycles. The maximum absolute atomic E-state index is 12.4. The van der Waals surface area contributed by atoms with E-state index in [1.165, 1.54) is 6.20 Å². The molecule has 0 fully saturated rings. The van der Waals surface area contributed by atoms with Gasteiger partial charge in [-0.2, -0.15) is 5.10 Å². The molecule has 0 unspecified atom stereocenters. The predicted octanol–water partition coefficient (Wildman–Crippen LogP) is 0.632. The second-order valence-corrected chi connectivity index (χ2v) is 7.57. The number of halogens is 1. The first-order valence-corrected chi connectivity index (χ1v) is 9.18. The lowest BCUT2D eigenvalue weighted by atomic mass is 10.2. The molecule has 9 heteroatoms. The van der Waals surface area contributed by atoms with Crippen molar-refractivity contribution < 1.29 is 17.5 Å². The zero-order chi connectivity index (χ0) is 17.7. The van der Waals surface area contributed by atoms with Gasteiger partial charge < -0.3 is 10.5 Å². The number of ether oxygens (including phenoxy) is 1. The summed E-state index contributed by atoms with van der Waals surface area (Å²) in [6.45, 7) is 0.0566. The first-order chi connectivity index (χ1) is 11.3. The lowest BCUT2D eigenvalue weighted by molar-refractivity contribution is 0.348. The highest BCUT2D eigenvalue weighted by molar-refractivity contribution is 7.90. The molecule has 0 amide bonds. The van der Waals surface area contributed by atoms with Crippen molar-refractivity contribution in [2.75, 3.05) is 25.2 Å². The lowest BCUT2D eigenvalue weighted by Gasteiger charge is -2.09. The van der Waals surface area contributed by atoms with Gasteiger partial charge in [-0.15, -0.1) is 0 Å². The van der Waals surface area contributed by atoms with Crippen molar-refractivity contribution in [2.24, 2.45) is 5.73 Å². The van der Waals surface area contributed by atoms with Gasteiger partial charge in [0.25, 0.3) is 5.56 Å². The number of sulfone groups is 1. The molecule has 0 aliphatic carbocycles. The molecule has 0 spiro atoms. The predicted molar refractivity (Wildman–Crippen MR) is 89.5 cm³/mol. The van der Waals surface area contributed by atoms with E-state index in [4.69, 9.17) is 10.5 Å². The minimum atomic E-state index is -3.19. The van der Waals surface area contributed by atoms with Crippen molar-refractivity contribution >= 4 is 20.6 Å². The third-order valence-corrected chi connectivity index (χ3v) is 4.26. The van der Waals surface area contributed by atoms with Crippen LogP contribution in [0.5, 0.6) is 5.75 Å². The molecule has 7 nitrogen and oxygen atoms in total. The Bertz CT molecular complexity index is 922. The Morgan fingerprint density at radius 3 is 2.83 bits per heavy atom. The van der Waals surface area contributed by atoms with Gasteiger partial charge in [-0.3, -0.25) is 4.79 Å². The van der Waals surface area contributed by atoms with Crippen molar-refractivity contribution in [3.05, 3.63) is 46.7 Å². The third-order valence-electron chi connectivity index (χ3n) is 3.34. The third kappa shape index (κ3) is 4.62. The summed E-state index contributed by atoms with van der Waals surface area (Å²) in [6, 6.07) is 4.75. The molecular formula is C15H18FN3O4S. The van der Waals surface area contributed by atoms with Crippen molar-refractivity contribution in [3.8, 4) is 5.75 Å². The van der Waals surface area contributed by atoms with Crippen molar-refractivity contribution in [2.45, 2.75) is 6.54 Å². The topological polar surface area (TPSA) is 104 Å². The lowest BCUT2D eigenvalue weighted by Crippen LogP contribution is -2.26. The number of benzene rings is 1. The highest BCUT2D eigenvalue weighted by atomic mass is 32.2. The summed E-state index contributed by atoms with van der Waals surface area (Å²) in [7, 11) is -3.19. The number of nitrogens with zero attached hydrogens (tertiary/aromatic N) is 2. The molecular weight excluding hydrogens is 337 g/mol. The summed E-state index contributed by atoms with van der Waals surface area (Å²) in [4.78, 5) is 12.3. The van der Waals surface area contributed by atoms with Crippen LogP contribution < -0.4 is 16.0 Å². The van der Waals surface area contributed by atoms with E-state index in [9.17, 15) is 17.6 Å². The van der Waals surface area contributed by atoms with Gasteiger partial charge in [-0.25, -0.2) is 17.5 Å². The molecule has 0 bridgehead atoms. The summed E-state index contributed by atoms with van der Waals surface area (Å²) in [5.41, 5.74) is 5.28. The quantitative estimate of drug-likeness (QED) is 0.781. The molecule has 0 aliphatic heterocycles. The maximum atomic E-state index is 12.4. The molecule has 1 aromatic carbocycles. The van der Waals surface area contributed by atoms with E-state index in [1.54, 1.807) is 18.2 Å². The first kappa shape index (κ1) is 18.1. The molecule has 2 rings (SSSR count). The Morgan fingerprint density at radius 1 is 1.46 bits per heavy atom. The smallest absolute Gasteiger partial charge is 0.274 e. The number of fused-ring (bicyclic) bond motifs is 1. The minimum Gasteiger partial charge on any atom is -0.489 e. The van der Waals surface area contributed by atoms with Crippen molar-refractivity contribution in [3.63, 3.8) is 0 Å². The minimum absolute atomic E-state index is 0.00693. The van der Waals surface area contributed by atoms with Crippen LogP contribution in [0.2, 0.25) is 0 Å². The number of rotatable bonds is 7. The average Bonchev–Trinajstić information content (AvgIpc) is 2.54. The van der Waals surface area contributed by atoms with Crippen LogP contribution >= 0.6 is 0 Å². The van der Waals surface area contributed by atoms with Gasteiger partial charge in [-0.05, 0) is 18.2 Å². The molecule has 130 valence electrons. The zero-order valence-electron chi connectivity index (χ0n) is 13.1. The monoisotopic (exact) mass is 355 g/mol. The molecule has 2 N–H and O–H groups in total. The number of aryl methyl sites for hydroxylation is 1. The molecule has 24 heavy (non-hydrogen) atoms. The van der Waals surface area contributed by atoms with E-state index in [0.29, 0.717) is 28.4 Å². The van der Waals surface area contributed by atoms with Crippen LogP contribution in [0.15, 0.2) is 41.1 Å². The van der Waals surface area contributed by atoms with Crippen LogP contribution in [0.25, 0.3) is 10.8 Å². The second-order valence-electron chi connectivity index (χ2n) is 5.31. The van der Waals surface area contributed by atoms with Gasteiger partial charge in [0, 0.05) is 23.8 Å². The Kier molecular flexibility index (Phi) is 5.68. The molecule has 0 saturated carbocycles. The van der Waals surface area contributed by atoms with Crippen molar-refractivity contribution in [1.82, 2.24) is 9.78 Å². The summed E-state index contributed by atoms with van der Waals surface area (Å²) >= 11 is 0. The van der Waals surface area contributed by atoms with Crippen molar-refractivity contribution in [1.29, 1.82) is 0 Å². The van der Waals surface area contributed by atoms with Gasteiger partial charge >= 0.3 is 0 Å². The van der Waals surface area contributed by atoms with Crippen LogP contribution in [-0.4, -0.2) is 43.4 Å². The summed E-state index contributed by atoms with van der Waals surface area (Å²) in [5, 5.41) is 4.91. The summed E-state index contributed by atoms with van der Waals surface area (Å²) in [5.74, 6) is 0.287. The van der Waals surface area contributed by atoms with E-state index in [0.717, 1.165) is 10.9 Å². The number of aromatic nitrogens is 2. The highest BCUT2D eigenvalue weighted by Crippen LogP contribution is 2.18. The van der Waals surface area contributed by atoms with E-state index in [1.807, 2.05) is 0 Å². The van der Waals surface area contributed by atoms with Gasteiger partial charge in [-0.1, -0.05) is 0 Å². The number of hydrogen-bond acceptors (Lipinski definition) is 6. The maximum Gasteiger partial charge on any atom is 0.274 e. The number of nitrogens with two attached hydrogens (primary N) is 1. The SMILES string of the molecule is CS(=O)(=O)CCn1ncc2cc(OC/C(=C/F)CN)ccc2c1=O. The fourth-order valence-electron chi connectivity index (χ4n) is 1.98. The molecule has 1 heterocycles. The van der Waals surface area contributed by atoms with Crippen LogP contribution in [0.4, 0.5) is 4.39 Å². The Hall–Kier alpha value is -2.26. The van der Waals surface area contributed by atoms with Gasteiger partial charge in [0.05, 0.1) is 30.2 Å². The zero-order valence-corrected chi connectivity index (χ0v) is 13.9. The molecule has 0 atom stereocenters. The fraction of sp³-hybridized carbons (Fsp3) is 0.333. The van der Waals surface area contributed by atoms with Gasteiger partial charge in [0.1, 0.15) is 22.2 Å². The van der Waals surface area contributed by atoms with Gasteiger partial charge in [0.2, 0.25) is 0 Å². The van der Waals surface area contributed by atoms with E-state index < -0.39 is 9.84 Å². The molecule has 0 aliphatic rings. The van der Waals surface area contributed by atoms with E-state index in [-0.39, 0.29) is 31.0 Å². The standard InChI is InChI=1S/C15H18FN3O4S/c1-24(21,22)5-4-19-15(20)14-3-2-13(6-12(14)9-18-19)23-10-11(7-16)8-17/h2-3,6-7,9H,4-5,8,10,17H2,1H3/b11-7+. The first-order valence-electron chi connectivity index (χ1n) is 7.12.